The molecule has 7 nitrogen and oxygen atoms in total. The maximum atomic E-state index is 12.8. The molecule has 0 aliphatic carbocycles. The Morgan fingerprint density at radius 2 is 1.91 bits per heavy atom. The van der Waals surface area contributed by atoms with Crippen molar-refractivity contribution in [3.63, 3.8) is 0 Å². The topological polar surface area (TPSA) is 89.5 Å². The molecule has 1 aliphatic rings. The molecule has 2 N–H and O–H groups in total. The highest BCUT2D eigenvalue weighted by Gasteiger charge is 2.33. The fraction of sp³-hybridized carbons (Fsp3) is 0.286. The van der Waals surface area contributed by atoms with Crippen LogP contribution in [0.25, 0.3) is 0 Å². The van der Waals surface area contributed by atoms with E-state index in [2.05, 4.69) is 30.8 Å². The van der Waals surface area contributed by atoms with E-state index in [0.29, 0.717) is 26.1 Å². The van der Waals surface area contributed by atoms with Crippen LogP contribution in [0, 0.1) is 0 Å². The number of hydrogen-bond acceptors (Lipinski definition) is 5. The third-order valence-electron chi connectivity index (χ3n) is 5.30. The Balaban J connectivity index is 0.00000181. The predicted molar refractivity (Wildman–Crippen MR) is 134 cm³/mol. The minimum atomic E-state index is -3.45. The van der Waals surface area contributed by atoms with Gasteiger partial charge >= 0.3 is 0 Å². The highest BCUT2D eigenvalue weighted by molar-refractivity contribution is 9.10. The predicted octanol–water partition coefficient (Wildman–Crippen LogP) is 4.11. The molecule has 2 heterocycles. The molecule has 0 saturated carbocycles. The van der Waals surface area contributed by atoms with Crippen molar-refractivity contribution >= 4 is 56.5 Å². The van der Waals surface area contributed by atoms with Crippen LogP contribution in [0.1, 0.15) is 16.8 Å². The van der Waals surface area contributed by atoms with Gasteiger partial charge in [-0.1, -0.05) is 28.1 Å². The van der Waals surface area contributed by atoms with Gasteiger partial charge in [0.25, 0.3) is 0 Å². The number of sulfonamides is 1. The molecule has 0 radical (unpaired) electrons. The molecule has 32 heavy (non-hydrogen) atoms. The van der Waals surface area contributed by atoms with E-state index in [1.807, 2.05) is 30.3 Å². The molecule has 1 aliphatic heterocycles. The van der Waals surface area contributed by atoms with Crippen molar-refractivity contribution in [3.8, 4) is 5.75 Å². The van der Waals surface area contributed by atoms with E-state index in [1.165, 1.54) is 6.26 Å². The number of phenolic OH excluding ortho intramolecular Hbond substituents is 1. The first-order valence-electron chi connectivity index (χ1n) is 9.55. The Morgan fingerprint density at radius 1 is 1.19 bits per heavy atom. The van der Waals surface area contributed by atoms with Crippen LogP contribution in [0.2, 0.25) is 0 Å². The highest BCUT2D eigenvalue weighted by Crippen LogP contribution is 2.33. The summed E-state index contributed by atoms with van der Waals surface area (Å²) >= 11 is 3.52. The number of nitrogens with one attached hydrogen (secondary N) is 1. The molecule has 1 unspecified atom stereocenters. The van der Waals surface area contributed by atoms with Crippen molar-refractivity contribution in [3.05, 3.63) is 76.3 Å². The van der Waals surface area contributed by atoms with E-state index >= 15 is 0 Å². The minimum absolute atomic E-state index is 0. The molecule has 4 rings (SSSR count). The van der Waals surface area contributed by atoms with E-state index in [-0.39, 0.29) is 36.6 Å². The lowest BCUT2D eigenvalue weighted by Crippen LogP contribution is -2.45. The summed E-state index contributed by atoms with van der Waals surface area (Å²) in [5, 5.41) is 9.59. The lowest BCUT2D eigenvalue weighted by molar-refractivity contribution is 0.320. The molecule has 174 valence electrons. The van der Waals surface area contributed by atoms with Crippen LogP contribution < -0.4 is 4.90 Å². The lowest BCUT2D eigenvalue weighted by atomic mass is 10.1. The van der Waals surface area contributed by atoms with Gasteiger partial charge in [-0.05, 0) is 47.9 Å². The summed E-state index contributed by atoms with van der Waals surface area (Å²) in [5.41, 5.74) is 3.89. The van der Waals surface area contributed by atoms with Crippen LogP contribution in [-0.2, 0) is 29.5 Å². The summed E-state index contributed by atoms with van der Waals surface area (Å²) in [4.78, 5) is 9.45. The normalized spacial score (nSPS) is 16.4. The number of imidazole rings is 1. The fourth-order valence-corrected chi connectivity index (χ4v) is 5.38. The molecular weight excluding hydrogens is 539 g/mol. The highest BCUT2D eigenvalue weighted by atomic mass is 79.9. The Hall–Kier alpha value is -1.78. The van der Waals surface area contributed by atoms with E-state index < -0.39 is 10.0 Å². The third-order valence-corrected chi connectivity index (χ3v) is 7.07. The SMILES string of the molecule is CS(=O)(=O)N1Cc2cc(Br)ccc2N(Cc2cnc[nH]2)CC1Cc1ccc(O)cc1.Cl.Cl. The van der Waals surface area contributed by atoms with E-state index in [0.717, 1.165) is 27.0 Å². The smallest absolute Gasteiger partial charge is 0.211 e. The first-order chi connectivity index (χ1) is 14.3. The number of aromatic hydroxyl groups is 1. The zero-order valence-corrected chi connectivity index (χ0v) is 21.3. The average Bonchev–Trinajstić information content (AvgIpc) is 3.14. The van der Waals surface area contributed by atoms with Crippen LogP contribution in [0.15, 0.2) is 59.5 Å². The molecule has 0 saturated heterocycles. The van der Waals surface area contributed by atoms with Gasteiger partial charge in [0.2, 0.25) is 10.0 Å². The lowest BCUT2D eigenvalue weighted by Gasteiger charge is -2.31. The van der Waals surface area contributed by atoms with Crippen molar-refractivity contribution in [1.29, 1.82) is 0 Å². The number of phenols is 1. The van der Waals surface area contributed by atoms with Crippen molar-refractivity contribution in [2.75, 3.05) is 17.7 Å². The maximum Gasteiger partial charge on any atom is 0.211 e. The second-order valence-electron chi connectivity index (χ2n) is 7.56. The summed E-state index contributed by atoms with van der Waals surface area (Å²) in [6.45, 7) is 1.43. The van der Waals surface area contributed by atoms with Gasteiger partial charge in [0.15, 0.2) is 0 Å². The number of benzene rings is 2. The van der Waals surface area contributed by atoms with Crippen LogP contribution in [-0.4, -0.2) is 46.6 Å². The summed E-state index contributed by atoms with van der Waals surface area (Å²) in [5.74, 6) is 0.192. The van der Waals surface area contributed by atoms with E-state index in [1.54, 1.807) is 29.0 Å². The number of hydrogen-bond donors (Lipinski definition) is 2. The number of nitrogens with zero attached hydrogens (tertiary/aromatic N) is 3. The molecule has 1 aromatic heterocycles. The number of halogens is 3. The number of anilines is 1. The molecule has 2 aromatic carbocycles. The summed E-state index contributed by atoms with van der Waals surface area (Å²) in [6.07, 6.45) is 5.24. The quantitative estimate of drug-likeness (QED) is 0.487. The van der Waals surface area contributed by atoms with E-state index in [9.17, 15) is 13.5 Å². The van der Waals surface area contributed by atoms with Gasteiger partial charge in [0, 0.05) is 35.5 Å². The number of fused-ring (bicyclic) bond motifs is 1. The number of aromatic nitrogens is 2. The van der Waals surface area contributed by atoms with Gasteiger partial charge in [-0.3, -0.25) is 0 Å². The standard InChI is InChI=1S/C21H23BrN4O3S.2ClH/c1-30(28,29)26-11-16-9-17(22)4-7-21(16)25(12-18-10-23-14-24-18)13-19(26)8-15-2-5-20(27)6-3-15;;/h2-7,9-10,14,19,27H,8,11-13H2,1H3,(H,23,24);2*1H. The van der Waals surface area contributed by atoms with Crippen LogP contribution in [0.4, 0.5) is 5.69 Å². The fourth-order valence-electron chi connectivity index (χ4n) is 3.92. The van der Waals surface area contributed by atoms with Gasteiger partial charge in [-0.2, -0.15) is 4.31 Å². The molecule has 0 fully saturated rings. The van der Waals surface area contributed by atoms with Crippen LogP contribution >= 0.6 is 40.7 Å². The van der Waals surface area contributed by atoms with Crippen LogP contribution in [0.5, 0.6) is 5.75 Å². The maximum absolute atomic E-state index is 12.8. The minimum Gasteiger partial charge on any atom is -0.508 e. The number of aromatic amines is 1. The molecule has 0 spiro atoms. The molecule has 1 atom stereocenters. The zero-order chi connectivity index (χ0) is 21.3. The first-order valence-corrected chi connectivity index (χ1v) is 12.2. The van der Waals surface area contributed by atoms with Crippen molar-refractivity contribution in [2.24, 2.45) is 0 Å². The summed E-state index contributed by atoms with van der Waals surface area (Å²) < 4.78 is 28.0. The molecule has 0 amide bonds. The Kier molecular flexibility index (Phi) is 9.01. The third kappa shape index (κ3) is 6.17. The van der Waals surface area contributed by atoms with Gasteiger partial charge in [0.05, 0.1) is 24.8 Å². The largest absolute Gasteiger partial charge is 0.508 e. The zero-order valence-electron chi connectivity index (χ0n) is 17.3. The summed E-state index contributed by atoms with van der Waals surface area (Å²) in [6, 6.07) is 12.7. The Labute approximate surface area is 208 Å². The van der Waals surface area contributed by atoms with Crippen molar-refractivity contribution in [1.82, 2.24) is 14.3 Å². The first kappa shape index (κ1) is 26.5. The number of H-pyrrole nitrogens is 1. The molecular formula is C21H25BrCl2N4O3S. The summed E-state index contributed by atoms with van der Waals surface area (Å²) in [7, 11) is -3.45. The molecule has 11 heteroatoms. The van der Waals surface area contributed by atoms with Crippen molar-refractivity contribution < 1.29 is 13.5 Å². The second-order valence-corrected chi connectivity index (χ2v) is 10.4. The van der Waals surface area contributed by atoms with Crippen molar-refractivity contribution in [2.45, 2.75) is 25.6 Å². The monoisotopic (exact) mass is 562 g/mol. The van der Waals surface area contributed by atoms with Gasteiger partial charge in [-0.15, -0.1) is 24.8 Å². The van der Waals surface area contributed by atoms with Gasteiger partial charge in [-0.25, -0.2) is 13.4 Å². The Morgan fingerprint density at radius 3 is 2.53 bits per heavy atom. The van der Waals surface area contributed by atoms with Gasteiger partial charge in [0.1, 0.15) is 5.75 Å². The number of rotatable bonds is 5. The molecule has 3 aromatic rings. The Bertz CT molecular complexity index is 1130. The van der Waals surface area contributed by atoms with E-state index in [4.69, 9.17) is 0 Å². The van der Waals surface area contributed by atoms with Crippen LogP contribution in [0.3, 0.4) is 0 Å². The average molecular weight is 564 g/mol. The second kappa shape index (κ2) is 10.9. The van der Waals surface area contributed by atoms with Gasteiger partial charge < -0.3 is 15.0 Å². The molecule has 0 bridgehead atoms.